The molecule has 1 aliphatic rings. The van der Waals surface area contributed by atoms with Crippen molar-refractivity contribution in [1.82, 2.24) is 4.98 Å². The third-order valence-electron chi connectivity index (χ3n) is 2.25. The molecule has 1 aromatic heterocycles. The lowest BCUT2D eigenvalue weighted by molar-refractivity contribution is 0.269. The summed E-state index contributed by atoms with van der Waals surface area (Å²) < 4.78 is 0. The van der Waals surface area contributed by atoms with E-state index in [9.17, 15) is 0 Å². The van der Waals surface area contributed by atoms with Crippen molar-refractivity contribution in [2.75, 3.05) is 6.61 Å². The molecule has 6 heteroatoms. The first-order chi connectivity index (χ1) is 6.86. The van der Waals surface area contributed by atoms with Crippen LogP contribution in [0.3, 0.4) is 0 Å². The topological polar surface area (TPSA) is 81.9 Å². The van der Waals surface area contributed by atoms with Gasteiger partial charge in [0.1, 0.15) is 0 Å². The molecule has 0 bridgehead atoms. The molecule has 0 amide bonds. The fourth-order valence-electron chi connectivity index (χ4n) is 1.41. The number of aromatic nitrogens is 1. The smallest absolute Gasteiger partial charge is 0.0968 e. The minimum Gasteiger partial charge on any atom is -0.396 e. The largest absolute Gasteiger partial charge is 0.396 e. The second-order valence-electron chi connectivity index (χ2n) is 3.28. The van der Waals surface area contributed by atoms with Gasteiger partial charge in [0.25, 0.3) is 0 Å². The van der Waals surface area contributed by atoms with E-state index >= 15 is 0 Å². The Balaban J connectivity index is 2.28. The molecule has 1 saturated carbocycles. The molecule has 0 radical (unpaired) electrons. The number of azide groups is 1. The van der Waals surface area contributed by atoms with Crippen LogP contribution in [0.25, 0.3) is 10.4 Å². The second-order valence-corrected chi connectivity index (χ2v) is 4.17. The van der Waals surface area contributed by atoms with Crippen LogP contribution in [0.15, 0.2) is 10.6 Å². The fraction of sp³-hybridized carbons (Fsp3) is 0.625. The predicted octanol–water partition coefficient (Wildman–Crippen LogP) is 2.36. The molecule has 1 fully saturated rings. The van der Waals surface area contributed by atoms with Crippen molar-refractivity contribution in [1.29, 1.82) is 0 Å². The van der Waals surface area contributed by atoms with Gasteiger partial charge in [-0.05, 0) is 18.4 Å². The average Bonchev–Trinajstić information content (AvgIpc) is 2.94. The first-order valence-electron chi connectivity index (χ1n) is 4.45. The van der Waals surface area contributed by atoms with Crippen LogP contribution in [0.2, 0.25) is 0 Å². The third kappa shape index (κ3) is 1.72. The Morgan fingerprint density at radius 2 is 2.57 bits per heavy atom. The van der Waals surface area contributed by atoms with E-state index in [-0.39, 0.29) is 6.61 Å². The molecule has 74 valence electrons. The zero-order chi connectivity index (χ0) is 9.97. The van der Waals surface area contributed by atoms with Gasteiger partial charge in [-0.3, -0.25) is 0 Å². The second kappa shape index (κ2) is 3.96. The molecule has 5 nitrogen and oxygen atoms in total. The van der Waals surface area contributed by atoms with Crippen LogP contribution in [0.1, 0.15) is 35.4 Å². The number of rotatable bonds is 4. The van der Waals surface area contributed by atoms with Crippen molar-refractivity contribution >= 4 is 11.3 Å². The zero-order valence-electron chi connectivity index (χ0n) is 7.50. The van der Waals surface area contributed by atoms with Crippen LogP contribution in [-0.4, -0.2) is 16.7 Å². The standard InChI is InChI=1S/C8H10N4OS/c9-12-11-6(3-13)8-7(5-1-2-5)10-4-14-8/h4-6,13H,1-3H2. The van der Waals surface area contributed by atoms with E-state index in [4.69, 9.17) is 10.6 Å². The summed E-state index contributed by atoms with van der Waals surface area (Å²) in [5, 5.41) is 12.6. The minimum atomic E-state index is -0.455. The molecule has 0 aliphatic heterocycles. The van der Waals surface area contributed by atoms with E-state index in [1.807, 2.05) is 0 Å². The van der Waals surface area contributed by atoms with Gasteiger partial charge in [0.2, 0.25) is 0 Å². The number of hydrogen-bond donors (Lipinski definition) is 1. The van der Waals surface area contributed by atoms with Crippen LogP contribution >= 0.6 is 11.3 Å². The zero-order valence-corrected chi connectivity index (χ0v) is 8.31. The third-order valence-corrected chi connectivity index (χ3v) is 3.20. The van der Waals surface area contributed by atoms with E-state index in [0.717, 1.165) is 23.4 Å². The lowest BCUT2D eigenvalue weighted by atomic mass is 10.2. The van der Waals surface area contributed by atoms with Gasteiger partial charge in [-0.1, -0.05) is 5.11 Å². The van der Waals surface area contributed by atoms with E-state index < -0.39 is 6.04 Å². The van der Waals surface area contributed by atoms with E-state index in [1.165, 1.54) is 11.3 Å². The van der Waals surface area contributed by atoms with Gasteiger partial charge in [0, 0.05) is 15.7 Å². The lowest BCUT2D eigenvalue weighted by Crippen LogP contribution is -2.00. The molecular formula is C8H10N4OS. The first kappa shape index (κ1) is 9.45. The van der Waals surface area contributed by atoms with Gasteiger partial charge in [-0.2, -0.15) is 0 Å². The van der Waals surface area contributed by atoms with Crippen molar-refractivity contribution in [3.05, 3.63) is 26.5 Å². The number of aliphatic hydroxyl groups is 1. The van der Waals surface area contributed by atoms with Gasteiger partial charge < -0.3 is 5.11 Å². The van der Waals surface area contributed by atoms with Gasteiger partial charge in [0.05, 0.1) is 23.9 Å². The Hall–Kier alpha value is -1.10. The molecule has 0 spiro atoms. The van der Waals surface area contributed by atoms with Gasteiger partial charge >= 0.3 is 0 Å². The van der Waals surface area contributed by atoms with Gasteiger partial charge in [-0.25, -0.2) is 4.98 Å². The van der Waals surface area contributed by atoms with E-state index in [1.54, 1.807) is 5.51 Å². The van der Waals surface area contributed by atoms with E-state index in [2.05, 4.69) is 15.0 Å². The summed E-state index contributed by atoms with van der Waals surface area (Å²) in [7, 11) is 0. The summed E-state index contributed by atoms with van der Waals surface area (Å²) in [5.41, 5.74) is 11.1. The SMILES string of the molecule is [N-]=[N+]=NC(CO)c1scnc1C1CC1. The van der Waals surface area contributed by atoms with Gasteiger partial charge in [-0.15, -0.1) is 11.3 Å². The maximum atomic E-state index is 9.07. The highest BCUT2D eigenvalue weighted by Crippen LogP contribution is 2.43. The monoisotopic (exact) mass is 210 g/mol. The van der Waals surface area contributed by atoms with Gasteiger partial charge in [0.15, 0.2) is 0 Å². The van der Waals surface area contributed by atoms with Crippen LogP contribution < -0.4 is 0 Å². The van der Waals surface area contributed by atoms with Crippen molar-refractivity contribution in [3.8, 4) is 0 Å². The highest BCUT2D eigenvalue weighted by Gasteiger charge is 2.30. The molecule has 1 atom stereocenters. The van der Waals surface area contributed by atoms with E-state index in [0.29, 0.717) is 5.92 Å². The summed E-state index contributed by atoms with van der Waals surface area (Å²) in [6.45, 7) is -0.147. The summed E-state index contributed by atoms with van der Waals surface area (Å²) in [4.78, 5) is 7.90. The van der Waals surface area contributed by atoms with Crippen molar-refractivity contribution in [2.45, 2.75) is 24.8 Å². The number of hydrogen-bond acceptors (Lipinski definition) is 4. The molecule has 1 heterocycles. The molecule has 0 saturated heterocycles. The fourth-order valence-corrected chi connectivity index (χ4v) is 2.31. The highest BCUT2D eigenvalue weighted by molar-refractivity contribution is 7.09. The Labute approximate surface area is 85.0 Å². The average molecular weight is 210 g/mol. The summed E-state index contributed by atoms with van der Waals surface area (Å²) in [5.74, 6) is 0.527. The molecule has 0 aromatic carbocycles. The molecule has 1 aliphatic carbocycles. The quantitative estimate of drug-likeness (QED) is 0.470. The van der Waals surface area contributed by atoms with Crippen molar-refractivity contribution in [2.24, 2.45) is 5.11 Å². The summed E-state index contributed by atoms with van der Waals surface area (Å²) in [6, 6.07) is -0.455. The Morgan fingerprint density at radius 3 is 3.14 bits per heavy atom. The summed E-state index contributed by atoms with van der Waals surface area (Å²) in [6.07, 6.45) is 2.32. The summed E-state index contributed by atoms with van der Waals surface area (Å²) >= 11 is 1.45. The first-order valence-corrected chi connectivity index (χ1v) is 5.33. The lowest BCUT2D eigenvalue weighted by Gasteiger charge is -2.06. The normalized spacial score (nSPS) is 17.5. The Kier molecular flexibility index (Phi) is 2.67. The molecule has 1 aromatic rings. The molecular weight excluding hydrogens is 200 g/mol. The Morgan fingerprint density at radius 1 is 1.79 bits per heavy atom. The van der Waals surface area contributed by atoms with Crippen LogP contribution in [0.5, 0.6) is 0 Å². The number of nitrogens with zero attached hydrogens (tertiary/aromatic N) is 4. The maximum absolute atomic E-state index is 9.07. The predicted molar refractivity (Wildman–Crippen MR) is 53.1 cm³/mol. The number of thiazole rings is 1. The molecule has 1 unspecified atom stereocenters. The molecule has 14 heavy (non-hydrogen) atoms. The van der Waals surface area contributed by atoms with Crippen LogP contribution in [-0.2, 0) is 0 Å². The highest BCUT2D eigenvalue weighted by atomic mass is 32.1. The molecule has 1 N–H and O–H groups in total. The van der Waals surface area contributed by atoms with Crippen molar-refractivity contribution < 1.29 is 5.11 Å². The van der Waals surface area contributed by atoms with Crippen LogP contribution in [0.4, 0.5) is 0 Å². The number of aliphatic hydroxyl groups excluding tert-OH is 1. The van der Waals surface area contributed by atoms with Crippen molar-refractivity contribution in [3.63, 3.8) is 0 Å². The minimum absolute atomic E-state index is 0.147. The van der Waals surface area contributed by atoms with Crippen LogP contribution in [0, 0.1) is 0 Å². The molecule has 2 rings (SSSR count). The Bertz CT molecular complexity index is 367. The maximum Gasteiger partial charge on any atom is 0.0968 e.